The molecule has 0 radical (unpaired) electrons. The average molecular weight is 201 g/mol. The molecule has 1 heterocycles. The molecular weight excluding hydrogens is 178 g/mol. The number of methoxy groups -OCH3 is 1. The van der Waals surface area contributed by atoms with Gasteiger partial charge < -0.3 is 14.8 Å². The second-order valence-electron chi connectivity index (χ2n) is 4.01. The fraction of sp³-hybridized carbons (Fsp3) is 1.00. The largest absolute Gasteiger partial charge is 0.385 e. The Kier molecular flexibility index (Phi) is 6.15. The topological polar surface area (TPSA) is 30.5 Å². The van der Waals surface area contributed by atoms with Gasteiger partial charge in [-0.1, -0.05) is 0 Å². The molecule has 2 unspecified atom stereocenters. The Morgan fingerprint density at radius 2 is 2.43 bits per heavy atom. The van der Waals surface area contributed by atoms with E-state index in [1.165, 1.54) is 19.3 Å². The van der Waals surface area contributed by atoms with Crippen molar-refractivity contribution in [1.29, 1.82) is 0 Å². The predicted octanol–water partition coefficient (Wildman–Crippen LogP) is 1.43. The van der Waals surface area contributed by atoms with Gasteiger partial charge in [-0.3, -0.25) is 0 Å². The first-order valence-electron chi connectivity index (χ1n) is 5.62. The zero-order valence-corrected chi connectivity index (χ0v) is 9.42. The number of rotatable bonds is 6. The zero-order chi connectivity index (χ0) is 10.2. The van der Waals surface area contributed by atoms with Gasteiger partial charge in [0.1, 0.15) is 0 Å². The van der Waals surface area contributed by atoms with E-state index in [1.54, 1.807) is 7.11 Å². The Morgan fingerprint density at radius 3 is 3.00 bits per heavy atom. The van der Waals surface area contributed by atoms with Crippen LogP contribution < -0.4 is 5.32 Å². The molecule has 0 spiro atoms. The summed E-state index contributed by atoms with van der Waals surface area (Å²) in [5, 5.41) is 3.40. The molecule has 14 heavy (non-hydrogen) atoms. The maximum absolute atomic E-state index is 5.50. The van der Waals surface area contributed by atoms with Crippen LogP contribution in [0.5, 0.6) is 0 Å². The lowest BCUT2D eigenvalue weighted by atomic mass is 9.91. The SMILES string of the molecule is CNC(CCCOC)C1CCCOC1. The van der Waals surface area contributed by atoms with Crippen LogP contribution in [-0.4, -0.2) is 40.0 Å². The molecule has 1 saturated heterocycles. The second kappa shape index (κ2) is 7.21. The summed E-state index contributed by atoms with van der Waals surface area (Å²) < 4.78 is 10.6. The first kappa shape index (κ1) is 12.0. The van der Waals surface area contributed by atoms with Gasteiger partial charge in [-0.15, -0.1) is 0 Å². The molecule has 1 aliphatic rings. The third-order valence-electron chi connectivity index (χ3n) is 3.00. The summed E-state index contributed by atoms with van der Waals surface area (Å²) in [6.45, 7) is 2.75. The Balaban J connectivity index is 2.21. The molecule has 0 aromatic carbocycles. The maximum atomic E-state index is 5.50. The van der Waals surface area contributed by atoms with Crippen molar-refractivity contribution in [3.63, 3.8) is 0 Å². The molecule has 0 bridgehead atoms. The molecule has 1 aliphatic heterocycles. The van der Waals surface area contributed by atoms with Crippen molar-refractivity contribution in [2.75, 3.05) is 34.0 Å². The van der Waals surface area contributed by atoms with Gasteiger partial charge in [-0.2, -0.15) is 0 Å². The summed E-state index contributed by atoms with van der Waals surface area (Å²) in [5.41, 5.74) is 0. The number of hydrogen-bond donors (Lipinski definition) is 1. The first-order chi connectivity index (χ1) is 6.88. The van der Waals surface area contributed by atoms with Crippen molar-refractivity contribution < 1.29 is 9.47 Å². The monoisotopic (exact) mass is 201 g/mol. The average Bonchev–Trinajstić information content (AvgIpc) is 2.26. The standard InChI is InChI=1S/C11H23NO2/c1-12-11(6-4-7-13-2)10-5-3-8-14-9-10/h10-12H,3-9H2,1-2H3. The van der Waals surface area contributed by atoms with Crippen molar-refractivity contribution in [3.05, 3.63) is 0 Å². The van der Waals surface area contributed by atoms with Crippen LogP contribution in [0.25, 0.3) is 0 Å². The van der Waals surface area contributed by atoms with E-state index in [4.69, 9.17) is 9.47 Å². The fourth-order valence-electron chi connectivity index (χ4n) is 2.15. The molecule has 1 N–H and O–H groups in total. The van der Waals surface area contributed by atoms with Gasteiger partial charge in [0, 0.05) is 26.4 Å². The van der Waals surface area contributed by atoms with Gasteiger partial charge in [-0.25, -0.2) is 0 Å². The Hall–Kier alpha value is -0.120. The summed E-state index contributed by atoms with van der Waals surface area (Å²) in [6.07, 6.45) is 4.85. The van der Waals surface area contributed by atoms with Crippen LogP contribution in [0.4, 0.5) is 0 Å². The number of ether oxygens (including phenoxy) is 2. The Bertz CT molecular complexity index is 135. The van der Waals surface area contributed by atoms with E-state index >= 15 is 0 Å². The number of hydrogen-bond acceptors (Lipinski definition) is 3. The van der Waals surface area contributed by atoms with Crippen LogP contribution in [0, 0.1) is 5.92 Å². The van der Waals surface area contributed by atoms with E-state index in [1.807, 2.05) is 7.05 Å². The lowest BCUT2D eigenvalue weighted by Gasteiger charge is -2.30. The van der Waals surface area contributed by atoms with Gasteiger partial charge in [0.05, 0.1) is 6.61 Å². The van der Waals surface area contributed by atoms with Crippen LogP contribution in [0.3, 0.4) is 0 Å². The summed E-state index contributed by atoms with van der Waals surface area (Å²) in [5.74, 6) is 0.700. The molecule has 0 aromatic heterocycles. The molecule has 2 atom stereocenters. The molecule has 1 rings (SSSR count). The molecule has 3 heteroatoms. The van der Waals surface area contributed by atoms with Gasteiger partial charge in [-0.05, 0) is 38.6 Å². The normalized spacial score (nSPS) is 24.9. The molecule has 0 aromatic rings. The van der Waals surface area contributed by atoms with Gasteiger partial charge >= 0.3 is 0 Å². The summed E-state index contributed by atoms with van der Waals surface area (Å²) in [7, 11) is 3.81. The Morgan fingerprint density at radius 1 is 1.57 bits per heavy atom. The van der Waals surface area contributed by atoms with Gasteiger partial charge in [0.2, 0.25) is 0 Å². The summed E-state index contributed by atoms with van der Waals surface area (Å²) in [4.78, 5) is 0. The van der Waals surface area contributed by atoms with Crippen molar-refractivity contribution in [2.45, 2.75) is 31.7 Å². The highest BCUT2D eigenvalue weighted by molar-refractivity contribution is 4.77. The van der Waals surface area contributed by atoms with Crippen molar-refractivity contribution in [3.8, 4) is 0 Å². The van der Waals surface area contributed by atoms with E-state index in [0.29, 0.717) is 12.0 Å². The van der Waals surface area contributed by atoms with E-state index in [2.05, 4.69) is 5.32 Å². The quantitative estimate of drug-likeness (QED) is 0.659. The minimum Gasteiger partial charge on any atom is -0.385 e. The lowest BCUT2D eigenvalue weighted by Crippen LogP contribution is -2.38. The maximum Gasteiger partial charge on any atom is 0.0509 e. The van der Waals surface area contributed by atoms with E-state index in [-0.39, 0.29) is 0 Å². The number of nitrogens with one attached hydrogen (secondary N) is 1. The van der Waals surface area contributed by atoms with Crippen molar-refractivity contribution >= 4 is 0 Å². The minimum absolute atomic E-state index is 0.602. The molecule has 3 nitrogen and oxygen atoms in total. The highest BCUT2D eigenvalue weighted by Gasteiger charge is 2.22. The third-order valence-corrected chi connectivity index (χ3v) is 3.00. The molecule has 1 fully saturated rings. The third kappa shape index (κ3) is 3.95. The van der Waals surface area contributed by atoms with E-state index in [0.717, 1.165) is 26.2 Å². The molecular formula is C11H23NO2. The first-order valence-corrected chi connectivity index (χ1v) is 5.62. The van der Waals surface area contributed by atoms with Crippen LogP contribution in [0.1, 0.15) is 25.7 Å². The minimum atomic E-state index is 0.602. The lowest BCUT2D eigenvalue weighted by molar-refractivity contribution is 0.0376. The Labute approximate surface area is 87.2 Å². The zero-order valence-electron chi connectivity index (χ0n) is 9.42. The van der Waals surface area contributed by atoms with Gasteiger partial charge in [0.25, 0.3) is 0 Å². The van der Waals surface area contributed by atoms with E-state index in [9.17, 15) is 0 Å². The highest BCUT2D eigenvalue weighted by Crippen LogP contribution is 2.20. The summed E-state index contributed by atoms with van der Waals surface area (Å²) in [6, 6.07) is 0.602. The fourth-order valence-corrected chi connectivity index (χ4v) is 2.15. The van der Waals surface area contributed by atoms with Crippen LogP contribution in [0.2, 0.25) is 0 Å². The van der Waals surface area contributed by atoms with Crippen LogP contribution in [-0.2, 0) is 9.47 Å². The second-order valence-corrected chi connectivity index (χ2v) is 4.01. The summed E-state index contributed by atoms with van der Waals surface area (Å²) >= 11 is 0. The smallest absolute Gasteiger partial charge is 0.0509 e. The van der Waals surface area contributed by atoms with Crippen molar-refractivity contribution in [1.82, 2.24) is 5.32 Å². The van der Waals surface area contributed by atoms with Crippen LogP contribution in [0.15, 0.2) is 0 Å². The molecule has 0 aliphatic carbocycles. The molecule has 84 valence electrons. The van der Waals surface area contributed by atoms with Crippen molar-refractivity contribution in [2.24, 2.45) is 5.92 Å². The highest BCUT2D eigenvalue weighted by atomic mass is 16.5. The van der Waals surface area contributed by atoms with Gasteiger partial charge in [0.15, 0.2) is 0 Å². The molecule has 0 saturated carbocycles. The van der Waals surface area contributed by atoms with E-state index < -0.39 is 0 Å². The predicted molar refractivity (Wildman–Crippen MR) is 57.5 cm³/mol. The van der Waals surface area contributed by atoms with Crippen LogP contribution >= 0.6 is 0 Å². The molecule has 0 amide bonds.